The topological polar surface area (TPSA) is 79.8 Å². The van der Waals surface area contributed by atoms with Crippen LogP contribution in [-0.2, 0) is 4.79 Å². The summed E-state index contributed by atoms with van der Waals surface area (Å²) in [7, 11) is 1.60. The number of hydrogen-bond acceptors (Lipinski definition) is 6. The Morgan fingerprint density at radius 1 is 1.32 bits per heavy atom. The van der Waals surface area contributed by atoms with Crippen molar-refractivity contribution in [3.05, 3.63) is 51.4 Å². The SMILES string of the molecule is CCOc1cc(/C=C2\SC(Nc3cc(C)ccc3OC)NC2=O)cc(Cl)c1O. The number of aromatic hydroxyl groups is 1. The van der Waals surface area contributed by atoms with Crippen LogP contribution in [0.25, 0.3) is 6.08 Å². The summed E-state index contributed by atoms with van der Waals surface area (Å²) in [6.07, 6.45) is 1.71. The second kappa shape index (κ2) is 8.67. The lowest BCUT2D eigenvalue weighted by Crippen LogP contribution is -2.31. The van der Waals surface area contributed by atoms with E-state index in [9.17, 15) is 9.90 Å². The van der Waals surface area contributed by atoms with Gasteiger partial charge in [0.2, 0.25) is 0 Å². The molecule has 0 radical (unpaired) electrons. The van der Waals surface area contributed by atoms with E-state index < -0.39 is 0 Å². The smallest absolute Gasteiger partial charge is 0.260 e. The van der Waals surface area contributed by atoms with Gasteiger partial charge in [0.05, 0.1) is 29.3 Å². The van der Waals surface area contributed by atoms with Gasteiger partial charge in [0.1, 0.15) is 5.75 Å². The number of aryl methyl sites for hydroxylation is 1. The number of amides is 1. The molecule has 1 aliphatic rings. The predicted molar refractivity (Wildman–Crippen MR) is 113 cm³/mol. The summed E-state index contributed by atoms with van der Waals surface area (Å²) in [5.74, 6) is 0.672. The molecule has 0 saturated carbocycles. The lowest BCUT2D eigenvalue weighted by Gasteiger charge is -2.16. The van der Waals surface area contributed by atoms with Crippen LogP contribution in [0.3, 0.4) is 0 Å². The fourth-order valence-corrected chi connectivity index (χ4v) is 3.93. The molecule has 6 nitrogen and oxygen atoms in total. The predicted octanol–water partition coefficient (Wildman–Crippen LogP) is 4.36. The van der Waals surface area contributed by atoms with Crippen molar-refractivity contribution in [3.8, 4) is 17.2 Å². The number of phenolic OH excluding ortho intramolecular Hbond substituents is 1. The number of nitrogens with one attached hydrogen (secondary N) is 2. The number of carbonyl (C=O) groups is 1. The van der Waals surface area contributed by atoms with Gasteiger partial charge in [-0.1, -0.05) is 29.4 Å². The molecule has 8 heteroatoms. The summed E-state index contributed by atoms with van der Waals surface area (Å²) in [4.78, 5) is 12.9. The maximum absolute atomic E-state index is 12.4. The quantitative estimate of drug-likeness (QED) is 0.602. The molecule has 3 N–H and O–H groups in total. The van der Waals surface area contributed by atoms with Crippen LogP contribution in [0, 0.1) is 6.92 Å². The van der Waals surface area contributed by atoms with E-state index in [4.69, 9.17) is 21.1 Å². The van der Waals surface area contributed by atoms with Crippen LogP contribution in [0.1, 0.15) is 18.1 Å². The first kappa shape index (κ1) is 20.2. The van der Waals surface area contributed by atoms with Gasteiger partial charge >= 0.3 is 0 Å². The molecule has 0 aromatic heterocycles. The van der Waals surface area contributed by atoms with Gasteiger partial charge in [-0.2, -0.15) is 0 Å². The molecular weight excluding hydrogens is 400 g/mol. The van der Waals surface area contributed by atoms with Crippen LogP contribution in [0.15, 0.2) is 35.2 Å². The minimum atomic E-state index is -0.339. The van der Waals surface area contributed by atoms with E-state index in [2.05, 4.69) is 10.6 Å². The van der Waals surface area contributed by atoms with Crippen molar-refractivity contribution in [2.75, 3.05) is 19.0 Å². The van der Waals surface area contributed by atoms with E-state index in [-0.39, 0.29) is 27.9 Å². The van der Waals surface area contributed by atoms with E-state index in [0.29, 0.717) is 22.8 Å². The van der Waals surface area contributed by atoms with Gasteiger partial charge in [-0.05, 0) is 55.3 Å². The number of anilines is 1. The van der Waals surface area contributed by atoms with Gasteiger partial charge in [-0.3, -0.25) is 4.79 Å². The maximum Gasteiger partial charge on any atom is 0.260 e. The molecule has 1 heterocycles. The van der Waals surface area contributed by atoms with Crippen LogP contribution >= 0.6 is 23.4 Å². The average Bonchev–Trinajstić information content (AvgIpc) is 2.98. The molecule has 28 heavy (non-hydrogen) atoms. The van der Waals surface area contributed by atoms with Gasteiger partial charge in [0.25, 0.3) is 5.91 Å². The molecule has 1 fully saturated rings. The highest BCUT2D eigenvalue weighted by atomic mass is 35.5. The molecule has 0 spiro atoms. The summed E-state index contributed by atoms with van der Waals surface area (Å²) in [6, 6.07) is 9.03. The number of benzene rings is 2. The van der Waals surface area contributed by atoms with Crippen molar-refractivity contribution in [3.63, 3.8) is 0 Å². The third kappa shape index (κ3) is 4.48. The zero-order valence-electron chi connectivity index (χ0n) is 15.7. The van der Waals surface area contributed by atoms with Crippen molar-refractivity contribution >= 4 is 41.0 Å². The summed E-state index contributed by atoms with van der Waals surface area (Å²) < 4.78 is 10.8. The van der Waals surface area contributed by atoms with Gasteiger partial charge in [0, 0.05) is 0 Å². The van der Waals surface area contributed by atoms with Gasteiger partial charge in [-0.25, -0.2) is 0 Å². The largest absolute Gasteiger partial charge is 0.503 e. The first-order valence-electron chi connectivity index (χ1n) is 8.67. The zero-order chi connectivity index (χ0) is 20.3. The molecule has 3 rings (SSSR count). The second-order valence-electron chi connectivity index (χ2n) is 6.11. The Labute approximate surface area is 172 Å². The van der Waals surface area contributed by atoms with Gasteiger partial charge < -0.3 is 25.2 Å². The van der Waals surface area contributed by atoms with Crippen LogP contribution in [0.5, 0.6) is 17.2 Å². The number of methoxy groups -OCH3 is 1. The lowest BCUT2D eigenvalue weighted by atomic mass is 10.2. The van der Waals surface area contributed by atoms with Crippen molar-refractivity contribution in [1.29, 1.82) is 0 Å². The maximum atomic E-state index is 12.4. The Bertz CT molecular complexity index is 933. The summed E-state index contributed by atoms with van der Waals surface area (Å²) >= 11 is 7.42. The number of hydrogen-bond donors (Lipinski definition) is 3. The summed E-state index contributed by atoms with van der Waals surface area (Å²) in [6.45, 7) is 4.19. The van der Waals surface area contributed by atoms with Gasteiger partial charge in [0.15, 0.2) is 17.0 Å². The molecular formula is C20H21ClN2O4S. The number of rotatable bonds is 6. The normalized spacial score (nSPS) is 17.5. The molecule has 0 aliphatic carbocycles. The van der Waals surface area contributed by atoms with E-state index in [0.717, 1.165) is 11.3 Å². The highest BCUT2D eigenvalue weighted by molar-refractivity contribution is 8.05. The highest BCUT2D eigenvalue weighted by Crippen LogP contribution is 2.38. The fraction of sp³-hybridized carbons (Fsp3) is 0.250. The Morgan fingerprint density at radius 3 is 2.82 bits per heavy atom. The second-order valence-corrected chi connectivity index (χ2v) is 7.66. The van der Waals surface area contributed by atoms with Crippen LogP contribution in [0.2, 0.25) is 5.02 Å². The van der Waals surface area contributed by atoms with Crippen LogP contribution in [-0.4, -0.2) is 30.2 Å². The van der Waals surface area contributed by atoms with Gasteiger partial charge in [-0.15, -0.1) is 0 Å². The van der Waals surface area contributed by atoms with Crippen molar-refractivity contribution in [2.45, 2.75) is 19.3 Å². The Balaban J connectivity index is 1.81. The standard InChI is InChI=1S/C20H21ClN2O4S/c1-4-27-16-9-12(8-13(21)18(16)24)10-17-19(25)23-20(28-17)22-14-7-11(2)5-6-15(14)26-3/h5-10,20,22,24H,4H2,1-3H3,(H,23,25)/b17-10-. The summed E-state index contributed by atoms with van der Waals surface area (Å²) in [5, 5.41) is 16.3. The number of halogens is 1. The van der Waals surface area contributed by atoms with Crippen molar-refractivity contribution in [1.82, 2.24) is 5.32 Å². The molecule has 148 valence electrons. The van der Waals surface area contributed by atoms with Crippen LogP contribution in [0.4, 0.5) is 5.69 Å². The molecule has 2 aromatic carbocycles. The molecule has 2 aromatic rings. The van der Waals surface area contributed by atoms with E-state index in [1.54, 1.807) is 25.3 Å². The first-order valence-corrected chi connectivity index (χ1v) is 9.92. The Morgan fingerprint density at radius 2 is 2.11 bits per heavy atom. The number of phenols is 1. The monoisotopic (exact) mass is 420 g/mol. The van der Waals surface area contributed by atoms with Crippen LogP contribution < -0.4 is 20.1 Å². The minimum absolute atomic E-state index is 0.111. The van der Waals surface area contributed by atoms with Crippen molar-refractivity contribution in [2.24, 2.45) is 0 Å². The molecule has 1 amide bonds. The third-order valence-electron chi connectivity index (χ3n) is 4.02. The molecule has 1 aliphatic heterocycles. The molecule has 1 unspecified atom stereocenters. The Hall–Kier alpha value is -2.51. The first-order chi connectivity index (χ1) is 13.4. The third-order valence-corrected chi connectivity index (χ3v) is 5.34. The number of thioether (sulfide) groups is 1. The van der Waals surface area contributed by atoms with E-state index in [1.165, 1.54) is 11.8 Å². The molecule has 0 bridgehead atoms. The summed E-state index contributed by atoms with van der Waals surface area (Å²) in [5.41, 5.74) is 2.20. The number of carbonyl (C=O) groups excluding carboxylic acids is 1. The zero-order valence-corrected chi connectivity index (χ0v) is 17.3. The molecule has 1 saturated heterocycles. The average molecular weight is 421 g/mol. The lowest BCUT2D eigenvalue weighted by molar-refractivity contribution is -0.116. The number of ether oxygens (including phenoxy) is 2. The van der Waals surface area contributed by atoms with E-state index >= 15 is 0 Å². The Kier molecular flexibility index (Phi) is 6.26. The fourth-order valence-electron chi connectivity index (χ4n) is 2.74. The van der Waals surface area contributed by atoms with E-state index in [1.807, 2.05) is 32.0 Å². The van der Waals surface area contributed by atoms with Crippen molar-refractivity contribution < 1.29 is 19.4 Å². The highest BCUT2D eigenvalue weighted by Gasteiger charge is 2.28. The molecule has 1 atom stereocenters. The minimum Gasteiger partial charge on any atom is -0.503 e.